The van der Waals surface area contributed by atoms with Crippen LogP contribution in [0.3, 0.4) is 0 Å². The van der Waals surface area contributed by atoms with Crippen molar-refractivity contribution >= 4 is 5.96 Å². The van der Waals surface area contributed by atoms with Crippen LogP contribution >= 0.6 is 0 Å². The SMILES string of the molecule is CCNC(=NCc1coc(-c2ccc(C)cc2)n1)NCCn1cnnc1CC. The molecule has 148 valence electrons. The topological polar surface area (TPSA) is 93.2 Å². The molecule has 0 unspecified atom stereocenters. The zero-order chi connectivity index (χ0) is 19.8. The maximum Gasteiger partial charge on any atom is 0.226 e. The summed E-state index contributed by atoms with van der Waals surface area (Å²) in [6.45, 7) is 8.90. The number of aryl methyl sites for hydroxylation is 2. The summed E-state index contributed by atoms with van der Waals surface area (Å²) in [6.07, 6.45) is 4.28. The van der Waals surface area contributed by atoms with Crippen molar-refractivity contribution in [1.29, 1.82) is 0 Å². The fourth-order valence-electron chi connectivity index (χ4n) is 2.74. The summed E-state index contributed by atoms with van der Waals surface area (Å²) in [4.78, 5) is 9.13. The van der Waals surface area contributed by atoms with Crippen LogP contribution in [0.4, 0.5) is 0 Å². The summed E-state index contributed by atoms with van der Waals surface area (Å²) in [7, 11) is 0. The fraction of sp³-hybridized carbons (Fsp3) is 0.400. The van der Waals surface area contributed by atoms with Gasteiger partial charge in [0.05, 0.1) is 6.54 Å². The average Bonchev–Trinajstić information content (AvgIpc) is 3.36. The molecule has 0 spiro atoms. The number of nitrogens with zero attached hydrogens (tertiary/aromatic N) is 5. The van der Waals surface area contributed by atoms with Crippen LogP contribution in [0, 0.1) is 6.92 Å². The van der Waals surface area contributed by atoms with E-state index in [-0.39, 0.29) is 0 Å². The highest BCUT2D eigenvalue weighted by atomic mass is 16.3. The summed E-state index contributed by atoms with van der Waals surface area (Å²) in [5.74, 6) is 2.34. The molecule has 3 aromatic rings. The van der Waals surface area contributed by atoms with Crippen LogP contribution < -0.4 is 10.6 Å². The predicted molar refractivity (Wildman–Crippen MR) is 109 cm³/mol. The second-order valence-electron chi connectivity index (χ2n) is 6.43. The highest BCUT2D eigenvalue weighted by Crippen LogP contribution is 2.19. The monoisotopic (exact) mass is 381 g/mol. The Labute approximate surface area is 165 Å². The molecule has 28 heavy (non-hydrogen) atoms. The van der Waals surface area contributed by atoms with Crippen LogP contribution in [0.5, 0.6) is 0 Å². The van der Waals surface area contributed by atoms with E-state index in [1.807, 2.05) is 35.8 Å². The maximum absolute atomic E-state index is 5.60. The number of hydrogen-bond donors (Lipinski definition) is 2. The van der Waals surface area contributed by atoms with Gasteiger partial charge in [-0.3, -0.25) is 0 Å². The summed E-state index contributed by atoms with van der Waals surface area (Å²) in [5, 5.41) is 14.6. The Hall–Kier alpha value is -3.16. The van der Waals surface area contributed by atoms with E-state index in [9.17, 15) is 0 Å². The van der Waals surface area contributed by atoms with Crippen molar-refractivity contribution < 1.29 is 4.42 Å². The summed E-state index contributed by atoms with van der Waals surface area (Å²) >= 11 is 0. The quantitative estimate of drug-likeness (QED) is 0.460. The van der Waals surface area contributed by atoms with Crippen molar-refractivity contribution in [1.82, 2.24) is 30.4 Å². The third kappa shape index (κ3) is 5.18. The largest absolute Gasteiger partial charge is 0.444 e. The van der Waals surface area contributed by atoms with Gasteiger partial charge < -0.3 is 19.6 Å². The van der Waals surface area contributed by atoms with Crippen molar-refractivity contribution in [3.05, 3.63) is 53.9 Å². The Balaban J connectivity index is 1.57. The maximum atomic E-state index is 5.60. The van der Waals surface area contributed by atoms with Crippen LogP contribution in [0.2, 0.25) is 0 Å². The number of benzene rings is 1. The van der Waals surface area contributed by atoms with Crippen molar-refractivity contribution in [2.75, 3.05) is 13.1 Å². The normalized spacial score (nSPS) is 11.6. The molecule has 0 aliphatic heterocycles. The van der Waals surface area contributed by atoms with Crippen LogP contribution in [0.25, 0.3) is 11.5 Å². The number of aliphatic imine (C=N–C) groups is 1. The Kier molecular flexibility index (Phi) is 6.78. The molecule has 3 rings (SSSR count). The highest BCUT2D eigenvalue weighted by molar-refractivity contribution is 5.79. The molecule has 0 saturated heterocycles. The van der Waals surface area contributed by atoms with Crippen LogP contribution in [0.15, 0.2) is 46.3 Å². The number of oxazole rings is 1. The third-order valence-electron chi connectivity index (χ3n) is 4.25. The van der Waals surface area contributed by atoms with Crippen molar-refractivity contribution in [2.45, 2.75) is 40.3 Å². The van der Waals surface area contributed by atoms with Crippen LogP contribution in [-0.2, 0) is 19.5 Å². The van der Waals surface area contributed by atoms with E-state index >= 15 is 0 Å². The van der Waals surface area contributed by atoms with Gasteiger partial charge in [0, 0.05) is 31.6 Å². The number of aromatic nitrogens is 4. The Morgan fingerprint density at radius 3 is 2.75 bits per heavy atom. The number of guanidine groups is 1. The van der Waals surface area contributed by atoms with Gasteiger partial charge in [-0.25, -0.2) is 9.98 Å². The first kappa shape index (κ1) is 19.6. The van der Waals surface area contributed by atoms with E-state index in [1.54, 1.807) is 12.6 Å². The first-order chi connectivity index (χ1) is 13.7. The van der Waals surface area contributed by atoms with Crippen molar-refractivity contribution in [3.8, 4) is 11.5 Å². The molecule has 8 nitrogen and oxygen atoms in total. The van der Waals surface area contributed by atoms with E-state index in [2.05, 4.69) is 44.7 Å². The number of rotatable bonds is 8. The average molecular weight is 381 g/mol. The van der Waals surface area contributed by atoms with E-state index in [4.69, 9.17) is 4.42 Å². The molecule has 1 aromatic carbocycles. The minimum atomic E-state index is 0.442. The lowest BCUT2D eigenvalue weighted by atomic mass is 10.1. The van der Waals surface area contributed by atoms with E-state index in [0.29, 0.717) is 12.4 Å². The summed E-state index contributed by atoms with van der Waals surface area (Å²) in [5.41, 5.74) is 2.96. The van der Waals surface area contributed by atoms with E-state index in [1.165, 1.54) is 5.56 Å². The standard InChI is InChI=1S/C20H27N7O/c1-4-18-26-24-14-27(18)11-10-22-20(21-5-2)23-12-17-13-28-19(25-17)16-8-6-15(3)7-9-16/h6-9,13-14H,4-5,10-12H2,1-3H3,(H2,21,22,23). The molecule has 0 saturated carbocycles. The molecule has 2 aromatic heterocycles. The molecule has 2 heterocycles. The molecular weight excluding hydrogens is 354 g/mol. The zero-order valence-corrected chi connectivity index (χ0v) is 16.6. The summed E-state index contributed by atoms with van der Waals surface area (Å²) < 4.78 is 7.64. The van der Waals surface area contributed by atoms with Gasteiger partial charge in [0.1, 0.15) is 24.1 Å². The first-order valence-electron chi connectivity index (χ1n) is 9.60. The van der Waals surface area contributed by atoms with E-state index < -0.39 is 0 Å². The molecular formula is C20H27N7O. The first-order valence-corrected chi connectivity index (χ1v) is 9.60. The number of hydrogen-bond acceptors (Lipinski definition) is 5. The van der Waals surface area contributed by atoms with Gasteiger partial charge in [-0.1, -0.05) is 24.6 Å². The lowest BCUT2D eigenvalue weighted by Gasteiger charge is -2.11. The predicted octanol–water partition coefficient (Wildman–Crippen LogP) is 2.56. The minimum Gasteiger partial charge on any atom is -0.444 e. The summed E-state index contributed by atoms with van der Waals surface area (Å²) in [6, 6.07) is 8.11. The van der Waals surface area contributed by atoms with Crippen LogP contribution in [-0.4, -0.2) is 38.8 Å². The smallest absolute Gasteiger partial charge is 0.226 e. The molecule has 0 aliphatic carbocycles. The second kappa shape index (κ2) is 9.68. The number of nitrogens with one attached hydrogen (secondary N) is 2. The van der Waals surface area contributed by atoms with Crippen LogP contribution in [0.1, 0.15) is 30.9 Å². The fourth-order valence-corrected chi connectivity index (χ4v) is 2.74. The zero-order valence-electron chi connectivity index (χ0n) is 16.6. The Morgan fingerprint density at radius 1 is 1.18 bits per heavy atom. The Bertz CT molecular complexity index is 895. The molecule has 0 aliphatic rings. The van der Waals surface area contributed by atoms with Gasteiger partial charge in [0.2, 0.25) is 5.89 Å². The molecule has 8 heteroatoms. The Morgan fingerprint density at radius 2 is 2.00 bits per heavy atom. The molecule has 0 bridgehead atoms. The lowest BCUT2D eigenvalue weighted by molar-refractivity contribution is 0.572. The van der Waals surface area contributed by atoms with Crippen molar-refractivity contribution in [3.63, 3.8) is 0 Å². The highest BCUT2D eigenvalue weighted by Gasteiger charge is 2.07. The second-order valence-corrected chi connectivity index (χ2v) is 6.43. The van der Waals surface area contributed by atoms with Gasteiger partial charge in [-0.05, 0) is 26.0 Å². The molecule has 2 N–H and O–H groups in total. The minimum absolute atomic E-state index is 0.442. The van der Waals surface area contributed by atoms with Gasteiger partial charge in [0.25, 0.3) is 0 Å². The van der Waals surface area contributed by atoms with Gasteiger partial charge in [-0.15, -0.1) is 10.2 Å². The van der Waals surface area contributed by atoms with Crippen molar-refractivity contribution in [2.24, 2.45) is 4.99 Å². The molecule has 0 amide bonds. The third-order valence-corrected chi connectivity index (χ3v) is 4.25. The molecule has 0 fully saturated rings. The molecule has 0 atom stereocenters. The lowest BCUT2D eigenvalue weighted by Crippen LogP contribution is -2.38. The van der Waals surface area contributed by atoms with E-state index in [0.717, 1.165) is 49.1 Å². The van der Waals surface area contributed by atoms with Gasteiger partial charge >= 0.3 is 0 Å². The van der Waals surface area contributed by atoms with Gasteiger partial charge in [0.15, 0.2) is 5.96 Å². The molecule has 0 radical (unpaired) electrons. The van der Waals surface area contributed by atoms with Gasteiger partial charge in [-0.2, -0.15) is 0 Å².